The molecule has 0 spiro atoms. The molecule has 0 unspecified atom stereocenters. The highest BCUT2D eigenvalue weighted by Gasteiger charge is 2.42. The normalized spacial score (nSPS) is 16.9. The molecule has 2 N–H and O–H groups in total. The summed E-state index contributed by atoms with van der Waals surface area (Å²) in [5, 5.41) is 7.27. The fourth-order valence-electron chi connectivity index (χ4n) is 5.73. The Morgan fingerprint density at radius 2 is 1.68 bits per heavy atom. The molecule has 0 radical (unpaired) electrons. The first kappa shape index (κ1) is 27.6. The number of benzene rings is 2. The number of rotatable bonds is 6. The van der Waals surface area contributed by atoms with Gasteiger partial charge < -0.3 is 20.1 Å². The Balaban J connectivity index is 1.63. The van der Waals surface area contributed by atoms with Crippen molar-refractivity contribution in [2.45, 2.75) is 60.5 Å². The summed E-state index contributed by atoms with van der Waals surface area (Å²) in [6.45, 7) is 14.4. The van der Waals surface area contributed by atoms with Gasteiger partial charge in [0.05, 0.1) is 17.8 Å². The lowest BCUT2D eigenvalue weighted by Crippen LogP contribution is -2.29. The van der Waals surface area contributed by atoms with Gasteiger partial charge in [0.25, 0.3) is 0 Å². The zero-order valence-electron chi connectivity index (χ0n) is 24.2. The van der Waals surface area contributed by atoms with E-state index in [0.29, 0.717) is 5.11 Å². The van der Waals surface area contributed by atoms with Gasteiger partial charge in [-0.05, 0) is 118 Å². The van der Waals surface area contributed by atoms with Crippen LogP contribution in [0.1, 0.15) is 65.3 Å². The summed E-state index contributed by atoms with van der Waals surface area (Å²) in [5.41, 5.74) is 10.9. The number of pyridine rings is 1. The Hall–Kier alpha value is -3.97. The summed E-state index contributed by atoms with van der Waals surface area (Å²) < 4.78 is 2.33. The summed E-state index contributed by atoms with van der Waals surface area (Å²) in [4.78, 5) is 19.3. The van der Waals surface area contributed by atoms with Gasteiger partial charge in [0.15, 0.2) is 5.11 Å². The van der Waals surface area contributed by atoms with E-state index in [-0.39, 0.29) is 23.9 Å². The third-order valence-corrected chi connectivity index (χ3v) is 7.94. The average molecular weight is 552 g/mol. The van der Waals surface area contributed by atoms with E-state index in [0.717, 1.165) is 34.0 Å². The van der Waals surface area contributed by atoms with Crippen LogP contribution in [-0.4, -0.2) is 20.6 Å². The topological polar surface area (TPSA) is 62.2 Å². The summed E-state index contributed by atoms with van der Waals surface area (Å²) in [6, 6.07) is 20.8. The van der Waals surface area contributed by atoms with Crippen molar-refractivity contribution in [3.63, 3.8) is 0 Å². The summed E-state index contributed by atoms with van der Waals surface area (Å²) in [6.07, 6.45) is 1.83. The number of nitrogens with one attached hydrogen (secondary N) is 2. The molecule has 1 aliphatic rings. The van der Waals surface area contributed by atoms with E-state index < -0.39 is 0 Å². The number of carbonyl (C=O) groups is 1. The average Bonchev–Trinajstić information content (AvgIpc) is 3.39. The SMILES string of the molecule is Cc1cc(C)cc(-n2c(C)cc([C@@H]3[C@H](c4ccccn4)NC(=S)N3c3ccc(NC(=O)C(C)C)c(C)c3)c2C)c1. The lowest BCUT2D eigenvalue weighted by molar-refractivity contribution is -0.118. The minimum atomic E-state index is -0.137. The Morgan fingerprint density at radius 1 is 0.950 bits per heavy atom. The molecule has 0 aliphatic carbocycles. The van der Waals surface area contributed by atoms with Gasteiger partial charge in [-0.15, -0.1) is 0 Å². The van der Waals surface area contributed by atoms with E-state index in [9.17, 15) is 4.79 Å². The molecule has 2 atom stereocenters. The number of carbonyl (C=O) groups excluding carboxylic acids is 1. The molecule has 2 aromatic carbocycles. The van der Waals surface area contributed by atoms with Crippen LogP contribution in [0.4, 0.5) is 11.4 Å². The molecule has 4 aromatic rings. The molecule has 6 nitrogen and oxygen atoms in total. The molecule has 2 aromatic heterocycles. The molecular formula is C33H37N5OS. The molecule has 1 saturated heterocycles. The van der Waals surface area contributed by atoms with Gasteiger partial charge in [-0.3, -0.25) is 9.78 Å². The first-order chi connectivity index (χ1) is 19.0. The second-order valence-electron chi connectivity index (χ2n) is 11.1. The van der Waals surface area contributed by atoms with Gasteiger partial charge in [-0.2, -0.15) is 0 Å². The van der Waals surface area contributed by atoms with Crippen molar-refractivity contribution in [3.8, 4) is 5.69 Å². The van der Waals surface area contributed by atoms with Crippen molar-refractivity contribution < 1.29 is 4.79 Å². The van der Waals surface area contributed by atoms with Gasteiger partial charge in [-0.1, -0.05) is 26.0 Å². The minimum Gasteiger partial charge on any atom is -0.351 e. The molecule has 1 amide bonds. The largest absolute Gasteiger partial charge is 0.351 e. The molecule has 0 saturated carbocycles. The van der Waals surface area contributed by atoms with Crippen LogP contribution >= 0.6 is 12.2 Å². The summed E-state index contributed by atoms with van der Waals surface area (Å²) >= 11 is 5.98. The Labute approximate surface area is 242 Å². The molecule has 1 aliphatic heterocycles. The van der Waals surface area contributed by atoms with Gasteiger partial charge in [0.2, 0.25) is 5.91 Å². The number of hydrogen-bond donors (Lipinski definition) is 2. The fraction of sp³-hybridized carbons (Fsp3) is 0.303. The van der Waals surface area contributed by atoms with Crippen LogP contribution in [-0.2, 0) is 4.79 Å². The molecule has 206 valence electrons. The third kappa shape index (κ3) is 5.13. The van der Waals surface area contributed by atoms with Crippen molar-refractivity contribution >= 4 is 34.6 Å². The first-order valence-corrected chi connectivity index (χ1v) is 14.2. The lowest BCUT2D eigenvalue weighted by atomic mass is 9.96. The number of hydrogen-bond acceptors (Lipinski definition) is 3. The number of aromatic nitrogens is 2. The predicted molar refractivity (Wildman–Crippen MR) is 167 cm³/mol. The van der Waals surface area contributed by atoms with Crippen LogP contribution in [0.5, 0.6) is 0 Å². The van der Waals surface area contributed by atoms with E-state index in [4.69, 9.17) is 17.2 Å². The molecule has 40 heavy (non-hydrogen) atoms. The highest BCUT2D eigenvalue weighted by Crippen LogP contribution is 2.44. The Kier molecular flexibility index (Phi) is 7.51. The van der Waals surface area contributed by atoms with Crippen LogP contribution in [0.25, 0.3) is 5.69 Å². The minimum absolute atomic E-state index is 0.00104. The smallest absolute Gasteiger partial charge is 0.226 e. The zero-order chi connectivity index (χ0) is 28.7. The highest BCUT2D eigenvalue weighted by atomic mass is 32.1. The molecule has 7 heteroatoms. The van der Waals surface area contributed by atoms with Gasteiger partial charge >= 0.3 is 0 Å². The number of anilines is 2. The van der Waals surface area contributed by atoms with E-state index >= 15 is 0 Å². The second-order valence-corrected chi connectivity index (χ2v) is 11.5. The number of nitrogens with zero attached hydrogens (tertiary/aromatic N) is 3. The van der Waals surface area contributed by atoms with Gasteiger partial charge in [-0.25, -0.2) is 0 Å². The lowest BCUT2D eigenvalue weighted by Gasteiger charge is -2.29. The van der Waals surface area contributed by atoms with Crippen LogP contribution in [0, 0.1) is 40.5 Å². The standard InChI is InChI=1S/C33H37N5OS/c1-19(2)32(39)35-28-12-11-25(17-22(28)5)38-31(30(36-33(38)40)29-10-8-9-13-34-29)27-18-23(6)37(24(27)7)26-15-20(3)14-21(4)16-26/h8-19,30-31H,1-7H3,(H,35,39)(H,36,40)/t30-,31+/m0/s1. The second kappa shape index (κ2) is 10.9. The zero-order valence-corrected chi connectivity index (χ0v) is 25.1. The van der Waals surface area contributed by atoms with Crippen LogP contribution in [0.2, 0.25) is 0 Å². The van der Waals surface area contributed by atoms with Gasteiger partial charge in [0.1, 0.15) is 0 Å². The quantitative estimate of drug-likeness (QED) is 0.249. The highest BCUT2D eigenvalue weighted by molar-refractivity contribution is 7.80. The summed E-state index contributed by atoms with van der Waals surface area (Å²) in [7, 11) is 0. The Morgan fingerprint density at radius 3 is 2.30 bits per heavy atom. The number of aryl methyl sites for hydroxylation is 4. The molecular weight excluding hydrogens is 514 g/mol. The van der Waals surface area contributed by atoms with Crippen molar-refractivity contribution in [3.05, 3.63) is 106 Å². The molecule has 1 fully saturated rings. The first-order valence-electron chi connectivity index (χ1n) is 13.7. The molecule has 5 rings (SSSR count). The van der Waals surface area contributed by atoms with Crippen molar-refractivity contribution in [1.29, 1.82) is 0 Å². The number of amides is 1. The number of thiocarbonyl (C=S) groups is 1. The maximum absolute atomic E-state index is 12.4. The van der Waals surface area contributed by atoms with E-state index in [1.807, 2.05) is 51.2 Å². The maximum atomic E-state index is 12.4. The maximum Gasteiger partial charge on any atom is 0.226 e. The fourth-order valence-corrected chi connectivity index (χ4v) is 6.07. The van der Waals surface area contributed by atoms with Crippen molar-refractivity contribution in [1.82, 2.24) is 14.9 Å². The third-order valence-electron chi connectivity index (χ3n) is 7.62. The van der Waals surface area contributed by atoms with Crippen LogP contribution in [0.15, 0.2) is 66.9 Å². The van der Waals surface area contributed by atoms with Gasteiger partial charge in [0, 0.05) is 40.6 Å². The van der Waals surface area contributed by atoms with Crippen LogP contribution < -0.4 is 15.5 Å². The van der Waals surface area contributed by atoms with E-state index in [1.54, 1.807) is 0 Å². The van der Waals surface area contributed by atoms with Crippen LogP contribution in [0.3, 0.4) is 0 Å². The monoisotopic (exact) mass is 551 g/mol. The van der Waals surface area contributed by atoms with Crippen molar-refractivity contribution in [2.75, 3.05) is 10.2 Å². The van der Waals surface area contributed by atoms with E-state index in [1.165, 1.54) is 22.4 Å². The predicted octanol–water partition coefficient (Wildman–Crippen LogP) is 7.19. The van der Waals surface area contributed by atoms with E-state index in [2.05, 4.69) is 84.2 Å². The Bertz CT molecular complexity index is 1570. The molecule has 0 bridgehead atoms. The summed E-state index contributed by atoms with van der Waals surface area (Å²) in [5.74, 6) is -0.0912. The molecule has 3 heterocycles. The van der Waals surface area contributed by atoms with Crippen molar-refractivity contribution in [2.24, 2.45) is 5.92 Å².